The SMILES string of the molecule is CC1(C)COCCN1S(=O)(=O)c1ccccc1NN. The largest absolute Gasteiger partial charge is 0.378 e. The van der Waals surface area contributed by atoms with Crippen molar-refractivity contribution in [2.75, 3.05) is 25.2 Å². The highest BCUT2D eigenvalue weighted by Gasteiger charge is 2.40. The van der Waals surface area contributed by atoms with E-state index in [4.69, 9.17) is 10.6 Å². The van der Waals surface area contributed by atoms with Crippen LogP contribution in [-0.4, -0.2) is 38.0 Å². The van der Waals surface area contributed by atoms with Gasteiger partial charge in [0.25, 0.3) is 0 Å². The minimum atomic E-state index is -3.60. The van der Waals surface area contributed by atoms with Crippen LogP contribution in [0.3, 0.4) is 0 Å². The molecule has 0 atom stereocenters. The Morgan fingerprint density at radius 3 is 2.68 bits per heavy atom. The lowest BCUT2D eigenvalue weighted by atomic mass is 10.1. The molecule has 0 amide bonds. The number of nitrogens with one attached hydrogen (secondary N) is 1. The third-order valence-electron chi connectivity index (χ3n) is 3.18. The fraction of sp³-hybridized carbons (Fsp3) is 0.500. The van der Waals surface area contributed by atoms with Crippen molar-refractivity contribution < 1.29 is 13.2 Å². The second-order valence-corrected chi connectivity index (χ2v) is 6.91. The van der Waals surface area contributed by atoms with E-state index in [1.165, 1.54) is 4.31 Å². The minimum Gasteiger partial charge on any atom is -0.378 e. The van der Waals surface area contributed by atoms with Crippen molar-refractivity contribution in [3.8, 4) is 0 Å². The predicted octanol–water partition coefficient (Wildman–Crippen LogP) is 0.772. The summed E-state index contributed by atoms with van der Waals surface area (Å²) < 4.78 is 32.3. The van der Waals surface area contributed by atoms with Gasteiger partial charge in [-0.15, -0.1) is 0 Å². The molecule has 0 aliphatic carbocycles. The smallest absolute Gasteiger partial charge is 0.245 e. The number of hydrazine groups is 1. The van der Waals surface area contributed by atoms with E-state index in [2.05, 4.69) is 5.43 Å². The maximum absolute atomic E-state index is 12.8. The first-order chi connectivity index (χ1) is 8.89. The van der Waals surface area contributed by atoms with E-state index in [-0.39, 0.29) is 4.90 Å². The fourth-order valence-corrected chi connectivity index (χ4v) is 4.13. The van der Waals surface area contributed by atoms with Crippen LogP contribution >= 0.6 is 0 Å². The number of rotatable bonds is 3. The van der Waals surface area contributed by atoms with Gasteiger partial charge in [-0.1, -0.05) is 12.1 Å². The number of ether oxygens (including phenoxy) is 1. The molecular formula is C12H19N3O3S. The van der Waals surface area contributed by atoms with Crippen LogP contribution in [0, 0.1) is 0 Å². The first-order valence-corrected chi connectivity index (χ1v) is 7.50. The highest BCUT2D eigenvalue weighted by atomic mass is 32.2. The number of hydrogen-bond acceptors (Lipinski definition) is 5. The van der Waals surface area contributed by atoms with Crippen LogP contribution in [0.25, 0.3) is 0 Å². The third kappa shape index (κ3) is 2.59. The molecule has 1 fully saturated rings. The minimum absolute atomic E-state index is 0.187. The van der Waals surface area contributed by atoms with E-state index in [1.807, 2.05) is 13.8 Å². The standard InChI is InChI=1S/C12H19N3O3S/c1-12(2)9-18-8-7-15(12)19(16,17)11-6-4-3-5-10(11)14-13/h3-6,14H,7-9,13H2,1-2H3. The molecule has 2 rings (SSSR count). The maximum atomic E-state index is 12.8. The number of sulfonamides is 1. The summed E-state index contributed by atoms with van der Waals surface area (Å²) >= 11 is 0. The van der Waals surface area contributed by atoms with Crippen molar-refractivity contribution in [1.82, 2.24) is 4.31 Å². The van der Waals surface area contributed by atoms with Crippen LogP contribution in [0.4, 0.5) is 5.69 Å². The summed E-state index contributed by atoms with van der Waals surface area (Å²) in [6.45, 7) is 4.82. The first-order valence-electron chi connectivity index (χ1n) is 6.06. The lowest BCUT2D eigenvalue weighted by molar-refractivity contribution is -0.00769. The Labute approximate surface area is 113 Å². The molecule has 1 aromatic carbocycles. The van der Waals surface area contributed by atoms with Gasteiger partial charge in [-0.05, 0) is 26.0 Å². The van der Waals surface area contributed by atoms with Crippen molar-refractivity contribution in [2.45, 2.75) is 24.3 Å². The topological polar surface area (TPSA) is 84.7 Å². The molecule has 7 heteroatoms. The van der Waals surface area contributed by atoms with Gasteiger partial charge in [0, 0.05) is 6.54 Å². The molecule has 0 spiro atoms. The number of para-hydroxylation sites is 1. The molecule has 6 nitrogen and oxygen atoms in total. The molecule has 0 bridgehead atoms. The van der Waals surface area contributed by atoms with E-state index in [9.17, 15) is 8.42 Å². The predicted molar refractivity (Wildman–Crippen MR) is 73.0 cm³/mol. The summed E-state index contributed by atoms with van der Waals surface area (Å²) in [6, 6.07) is 6.61. The lowest BCUT2D eigenvalue weighted by Crippen LogP contribution is -2.55. The molecule has 0 unspecified atom stereocenters. The average molecular weight is 285 g/mol. The monoisotopic (exact) mass is 285 g/mol. The molecule has 3 N–H and O–H groups in total. The van der Waals surface area contributed by atoms with Gasteiger partial charge in [0.05, 0.1) is 24.4 Å². The van der Waals surface area contributed by atoms with Gasteiger partial charge in [-0.3, -0.25) is 5.84 Å². The Morgan fingerprint density at radius 1 is 1.37 bits per heavy atom. The van der Waals surface area contributed by atoms with Crippen molar-refractivity contribution in [2.24, 2.45) is 5.84 Å². The fourth-order valence-electron chi connectivity index (χ4n) is 2.22. The molecule has 1 saturated heterocycles. The summed E-state index contributed by atoms with van der Waals surface area (Å²) in [5, 5.41) is 0. The average Bonchev–Trinajstić information content (AvgIpc) is 2.37. The summed E-state index contributed by atoms with van der Waals surface area (Å²) in [5.74, 6) is 5.39. The van der Waals surface area contributed by atoms with Gasteiger partial charge < -0.3 is 10.2 Å². The zero-order chi connectivity index (χ0) is 14.1. The molecule has 106 valence electrons. The van der Waals surface area contributed by atoms with Crippen molar-refractivity contribution >= 4 is 15.7 Å². The summed E-state index contributed by atoms with van der Waals surface area (Å²) in [4.78, 5) is 0.187. The normalized spacial score (nSPS) is 20.2. The van der Waals surface area contributed by atoms with Crippen molar-refractivity contribution in [3.63, 3.8) is 0 Å². The van der Waals surface area contributed by atoms with Gasteiger partial charge in [0.2, 0.25) is 10.0 Å². The van der Waals surface area contributed by atoms with Crippen LogP contribution in [-0.2, 0) is 14.8 Å². The molecule has 1 aliphatic rings. The lowest BCUT2D eigenvalue weighted by Gasteiger charge is -2.40. The highest BCUT2D eigenvalue weighted by Crippen LogP contribution is 2.30. The number of morpholine rings is 1. The van der Waals surface area contributed by atoms with E-state index in [0.717, 1.165) is 0 Å². The zero-order valence-corrected chi connectivity index (χ0v) is 11.9. The van der Waals surface area contributed by atoms with E-state index >= 15 is 0 Å². The Bertz CT molecular complexity index is 557. The number of hydrogen-bond donors (Lipinski definition) is 2. The number of nitrogen functional groups attached to an aromatic ring is 1. The Hall–Kier alpha value is -1.15. The molecule has 0 aromatic heterocycles. The number of nitrogens with two attached hydrogens (primary N) is 1. The van der Waals surface area contributed by atoms with Gasteiger partial charge in [-0.2, -0.15) is 4.31 Å². The zero-order valence-electron chi connectivity index (χ0n) is 11.1. The van der Waals surface area contributed by atoms with Gasteiger partial charge in [0.15, 0.2) is 0 Å². The number of nitrogens with zero attached hydrogens (tertiary/aromatic N) is 1. The molecular weight excluding hydrogens is 266 g/mol. The third-order valence-corrected chi connectivity index (χ3v) is 5.35. The first kappa shape index (κ1) is 14.3. The second kappa shape index (κ2) is 5.09. The van der Waals surface area contributed by atoms with Gasteiger partial charge >= 0.3 is 0 Å². The summed E-state index contributed by atoms with van der Waals surface area (Å²) in [5.41, 5.74) is 2.25. The van der Waals surface area contributed by atoms with Crippen molar-refractivity contribution in [1.29, 1.82) is 0 Å². The molecule has 1 aliphatic heterocycles. The van der Waals surface area contributed by atoms with Crippen LogP contribution in [0.5, 0.6) is 0 Å². The Morgan fingerprint density at radius 2 is 2.05 bits per heavy atom. The molecule has 0 radical (unpaired) electrons. The van der Waals surface area contributed by atoms with E-state index in [0.29, 0.717) is 25.4 Å². The van der Waals surface area contributed by atoms with Gasteiger partial charge in [0.1, 0.15) is 4.90 Å². The molecule has 0 saturated carbocycles. The van der Waals surface area contributed by atoms with Crippen LogP contribution in [0.1, 0.15) is 13.8 Å². The Balaban J connectivity index is 2.47. The molecule has 1 aromatic rings. The van der Waals surface area contributed by atoms with E-state index in [1.54, 1.807) is 24.3 Å². The number of anilines is 1. The second-order valence-electron chi connectivity index (χ2n) is 5.08. The van der Waals surface area contributed by atoms with Crippen LogP contribution in [0.15, 0.2) is 29.2 Å². The maximum Gasteiger partial charge on any atom is 0.245 e. The number of benzene rings is 1. The Kier molecular flexibility index (Phi) is 3.82. The molecule has 19 heavy (non-hydrogen) atoms. The van der Waals surface area contributed by atoms with Crippen LogP contribution < -0.4 is 11.3 Å². The summed E-state index contributed by atoms with van der Waals surface area (Å²) in [7, 11) is -3.60. The summed E-state index contributed by atoms with van der Waals surface area (Å²) in [6.07, 6.45) is 0. The molecule has 1 heterocycles. The quantitative estimate of drug-likeness (QED) is 0.633. The van der Waals surface area contributed by atoms with Gasteiger partial charge in [-0.25, -0.2) is 8.42 Å². The highest BCUT2D eigenvalue weighted by molar-refractivity contribution is 7.89. The van der Waals surface area contributed by atoms with Crippen LogP contribution in [0.2, 0.25) is 0 Å². The van der Waals surface area contributed by atoms with E-state index < -0.39 is 15.6 Å². The van der Waals surface area contributed by atoms with Crippen molar-refractivity contribution in [3.05, 3.63) is 24.3 Å².